The van der Waals surface area contributed by atoms with Gasteiger partial charge in [0, 0.05) is 12.2 Å². The molecule has 0 aromatic rings. The van der Waals surface area contributed by atoms with Crippen LogP contribution in [0.15, 0.2) is 11.8 Å². The van der Waals surface area contributed by atoms with Crippen LogP contribution in [0.1, 0.15) is 39.5 Å². The van der Waals surface area contributed by atoms with Gasteiger partial charge in [0.15, 0.2) is 0 Å². The summed E-state index contributed by atoms with van der Waals surface area (Å²) >= 11 is 0. The molecule has 108 valence electrons. The van der Waals surface area contributed by atoms with Crippen molar-refractivity contribution in [2.45, 2.75) is 39.5 Å². The zero-order chi connectivity index (χ0) is 14.3. The fourth-order valence-corrected chi connectivity index (χ4v) is 2.44. The fraction of sp³-hybridized carbons (Fsp3) is 0.714. The first-order valence-electron chi connectivity index (χ1n) is 7.02. The molecule has 0 fully saturated rings. The van der Waals surface area contributed by atoms with Gasteiger partial charge in [-0.15, -0.1) is 0 Å². The van der Waals surface area contributed by atoms with Crippen LogP contribution >= 0.6 is 0 Å². The molecule has 19 heavy (non-hydrogen) atoms. The third kappa shape index (κ3) is 5.03. The van der Waals surface area contributed by atoms with Crippen LogP contribution < -0.4 is 0 Å². The van der Waals surface area contributed by atoms with Crippen LogP contribution in [0.5, 0.6) is 0 Å². The van der Waals surface area contributed by atoms with Crippen molar-refractivity contribution in [1.29, 1.82) is 0 Å². The first kappa shape index (κ1) is 15.7. The molecule has 1 N–H and O–H groups in total. The maximum Gasteiger partial charge on any atom is 0.317 e. The van der Waals surface area contributed by atoms with Crippen molar-refractivity contribution in [3.8, 4) is 0 Å². The fourth-order valence-electron chi connectivity index (χ4n) is 2.44. The Hall–Kier alpha value is -1.36. The number of aliphatic carboxylic acids is 1. The van der Waals surface area contributed by atoms with E-state index in [0.717, 1.165) is 31.4 Å². The summed E-state index contributed by atoms with van der Waals surface area (Å²) in [6, 6.07) is 0. The molecule has 1 amide bonds. The number of amides is 1. The average Bonchev–Trinajstić information content (AvgIpc) is 2.83. The average molecular weight is 268 g/mol. The standard InChI is InChI=1S/C14H24N2O3/c1-3-9-15(11-14(18)19)10-13(17)16(4-2)12-7-5-6-8-12/h7H,3-6,8-11H2,1-2H3,(H,18,19). The van der Waals surface area contributed by atoms with Gasteiger partial charge in [0.2, 0.25) is 5.91 Å². The maximum absolute atomic E-state index is 12.3. The highest BCUT2D eigenvalue weighted by molar-refractivity contribution is 5.81. The van der Waals surface area contributed by atoms with E-state index in [2.05, 4.69) is 6.08 Å². The first-order valence-corrected chi connectivity index (χ1v) is 7.02. The van der Waals surface area contributed by atoms with Crippen molar-refractivity contribution in [3.63, 3.8) is 0 Å². The number of carboxylic acid groups (broad SMARTS) is 1. The Morgan fingerprint density at radius 1 is 1.32 bits per heavy atom. The molecular formula is C14H24N2O3. The van der Waals surface area contributed by atoms with E-state index in [1.165, 1.54) is 0 Å². The predicted molar refractivity (Wildman–Crippen MR) is 73.7 cm³/mol. The number of carboxylic acids is 1. The van der Waals surface area contributed by atoms with E-state index in [0.29, 0.717) is 13.1 Å². The van der Waals surface area contributed by atoms with E-state index < -0.39 is 5.97 Å². The van der Waals surface area contributed by atoms with Gasteiger partial charge in [0.25, 0.3) is 0 Å². The van der Waals surface area contributed by atoms with Crippen molar-refractivity contribution < 1.29 is 14.7 Å². The van der Waals surface area contributed by atoms with Crippen molar-refractivity contribution >= 4 is 11.9 Å². The van der Waals surface area contributed by atoms with Crippen LogP contribution in [-0.4, -0.2) is 53.0 Å². The summed E-state index contributed by atoms with van der Waals surface area (Å²) in [5.74, 6) is -0.880. The Labute approximate surface area is 114 Å². The highest BCUT2D eigenvalue weighted by Crippen LogP contribution is 2.21. The molecule has 5 nitrogen and oxygen atoms in total. The van der Waals surface area contributed by atoms with Crippen molar-refractivity contribution in [2.24, 2.45) is 0 Å². The van der Waals surface area contributed by atoms with Crippen molar-refractivity contribution in [1.82, 2.24) is 9.80 Å². The minimum Gasteiger partial charge on any atom is -0.480 e. The summed E-state index contributed by atoms with van der Waals surface area (Å²) in [6.07, 6.45) is 6.05. The van der Waals surface area contributed by atoms with Gasteiger partial charge in [-0.3, -0.25) is 14.5 Å². The third-order valence-corrected chi connectivity index (χ3v) is 3.24. The lowest BCUT2D eigenvalue weighted by Gasteiger charge is -2.26. The molecule has 0 saturated carbocycles. The van der Waals surface area contributed by atoms with Crippen LogP contribution in [0.2, 0.25) is 0 Å². The van der Waals surface area contributed by atoms with Crippen LogP contribution in [0, 0.1) is 0 Å². The van der Waals surface area contributed by atoms with E-state index in [-0.39, 0.29) is 19.0 Å². The second-order valence-electron chi connectivity index (χ2n) is 4.83. The smallest absolute Gasteiger partial charge is 0.317 e. The number of carbonyl (C=O) groups excluding carboxylic acids is 1. The zero-order valence-electron chi connectivity index (χ0n) is 11.9. The molecule has 0 saturated heterocycles. The molecule has 0 atom stereocenters. The third-order valence-electron chi connectivity index (χ3n) is 3.24. The molecule has 1 aliphatic rings. The number of hydrogen-bond acceptors (Lipinski definition) is 3. The summed E-state index contributed by atoms with van der Waals surface area (Å²) in [7, 11) is 0. The summed E-state index contributed by atoms with van der Waals surface area (Å²) in [6.45, 7) is 5.34. The number of likely N-dealkylation sites (N-methyl/N-ethyl adjacent to an activating group) is 1. The van der Waals surface area contributed by atoms with E-state index >= 15 is 0 Å². The quantitative estimate of drug-likeness (QED) is 0.728. The van der Waals surface area contributed by atoms with E-state index in [9.17, 15) is 9.59 Å². The van der Waals surface area contributed by atoms with Gasteiger partial charge in [-0.05, 0) is 39.2 Å². The van der Waals surface area contributed by atoms with Gasteiger partial charge in [-0.1, -0.05) is 13.0 Å². The van der Waals surface area contributed by atoms with Gasteiger partial charge in [-0.25, -0.2) is 0 Å². The molecule has 0 aliphatic heterocycles. The lowest BCUT2D eigenvalue weighted by Crippen LogP contribution is -2.41. The molecule has 0 unspecified atom stereocenters. The first-order chi connectivity index (χ1) is 9.08. The second-order valence-corrected chi connectivity index (χ2v) is 4.83. The SMILES string of the molecule is CCCN(CC(=O)O)CC(=O)N(CC)C1=CCCC1. The lowest BCUT2D eigenvalue weighted by atomic mass is 10.3. The van der Waals surface area contributed by atoms with Crippen LogP contribution in [0.25, 0.3) is 0 Å². The Kier molecular flexibility index (Phi) is 6.56. The molecule has 0 bridgehead atoms. The van der Waals surface area contributed by atoms with E-state index in [1.807, 2.05) is 13.8 Å². The number of allylic oxidation sites excluding steroid dienone is 2. The van der Waals surface area contributed by atoms with Crippen molar-refractivity contribution in [2.75, 3.05) is 26.2 Å². The summed E-state index contributed by atoms with van der Waals surface area (Å²) < 4.78 is 0. The van der Waals surface area contributed by atoms with Gasteiger partial charge < -0.3 is 10.0 Å². The minimum absolute atomic E-state index is 0.00495. The molecule has 0 heterocycles. The van der Waals surface area contributed by atoms with Gasteiger partial charge in [-0.2, -0.15) is 0 Å². The van der Waals surface area contributed by atoms with Crippen LogP contribution in [0.3, 0.4) is 0 Å². The maximum atomic E-state index is 12.3. The monoisotopic (exact) mass is 268 g/mol. The largest absolute Gasteiger partial charge is 0.480 e. The Morgan fingerprint density at radius 3 is 2.53 bits per heavy atom. The van der Waals surface area contributed by atoms with Crippen LogP contribution in [-0.2, 0) is 9.59 Å². The van der Waals surface area contributed by atoms with Gasteiger partial charge in [0.05, 0.1) is 13.1 Å². The predicted octanol–water partition coefficient (Wildman–Crippen LogP) is 1.70. The highest BCUT2D eigenvalue weighted by atomic mass is 16.4. The number of hydrogen-bond donors (Lipinski definition) is 1. The number of carbonyl (C=O) groups is 2. The summed E-state index contributed by atoms with van der Waals surface area (Å²) in [5, 5.41) is 8.85. The van der Waals surface area contributed by atoms with E-state index in [1.54, 1.807) is 9.80 Å². The van der Waals surface area contributed by atoms with Gasteiger partial charge in [0.1, 0.15) is 0 Å². The molecule has 0 aromatic carbocycles. The highest BCUT2D eigenvalue weighted by Gasteiger charge is 2.21. The minimum atomic E-state index is -0.885. The van der Waals surface area contributed by atoms with Crippen molar-refractivity contribution in [3.05, 3.63) is 11.8 Å². The topological polar surface area (TPSA) is 60.9 Å². The normalized spacial score (nSPS) is 14.6. The molecule has 0 aromatic heterocycles. The Balaban J connectivity index is 2.60. The Morgan fingerprint density at radius 2 is 2.05 bits per heavy atom. The number of rotatable bonds is 8. The summed E-state index contributed by atoms with van der Waals surface area (Å²) in [4.78, 5) is 26.5. The molecule has 1 rings (SSSR count). The molecule has 0 radical (unpaired) electrons. The van der Waals surface area contributed by atoms with Gasteiger partial charge >= 0.3 is 5.97 Å². The molecule has 0 spiro atoms. The van der Waals surface area contributed by atoms with Crippen LogP contribution in [0.4, 0.5) is 0 Å². The molecule has 1 aliphatic carbocycles. The Bertz CT molecular complexity index is 353. The second kappa shape index (κ2) is 7.94. The number of nitrogens with zero attached hydrogens (tertiary/aromatic N) is 2. The summed E-state index contributed by atoms with van der Waals surface area (Å²) in [5.41, 5.74) is 1.10. The van der Waals surface area contributed by atoms with E-state index in [4.69, 9.17) is 5.11 Å². The lowest BCUT2D eigenvalue weighted by molar-refractivity contribution is -0.139. The molecule has 5 heteroatoms. The zero-order valence-corrected chi connectivity index (χ0v) is 11.9. The molecular weight excluding hydrogens is 244 g/mol.